The number of benzene rings is 2. The maximum Gasteiger partial charge on any atom is 0.309 e. The molecule has 0 radical (unpaired) electrons. The predicted octanol–water partition coefficient (Wildman–Crippen LogP) is 4.11. The Morgan fingerprint density at radius 3 is 2.40 bits per heavy atom. The Kier molecular flexibility index (Phi) is 6.12. The van der Waals surface area contributed by atoms with E-state index in [1.54, 1.807) is 7.11 Å². The van der Waals surface area contributed by atoms with E-state index in [2.05, 4.69) is 5.10 Å². The third kappa shape index (κ3) is 4.37. The third-order valence-electron chi connectivity index (χ3n) is 5.80. The van der Waals surface area contributed by atoms with Crippen LogP contribution in [0, 0.1) is 5.92 Å². The van der Waals surface area contributed by atoms with Gasteiger partial charge in [0.1, 0.15) is 5.75 Å². The van der Waals surface area contributed by atoms with Crippen molar-refractivity contribution in [1.82, 2.24) is 5.01 Å². The molecule has 30 heavy (non-hydrogen) atoms. The molecule has 2 aliphatic rings. The fourth-order valence-corrected chi connectivity index (χ4v) is 4.11. The van der Waals surface area contributed by atoms with Gasteiger partial charge in [0.15, 0.2) is 6.61 Å². The molecule has 1 fully saturated rings. The quantitative estimate of drug-likeness (QED) is 0.677. The summed E-state index contributed by atoms with van der Waals surface area (Å²) < 4.78 is 10.6. The van der Waals surface area contributed by atoms with Gasteiger partial charge in [-0.15, -0.1) is 0 Å². The smallest absolute Gasteiger partial charge is 0.309 e. The largest absolute Gasteiger partial charge is 0.497 e. The van der Waals surface area contributed by atoms with E-state index in [1.165, 1.54) is 5.01 Å². The Morgan fingerprint density at radius 2 is 1.73 bits per heavy atom. The molecular formula is C24H26N2O4. The van der Waals surface area contributed by atoms with E-state index in [-0.39, 0.29) is 30.4 Å². The molecule has 1 heterocycles. The summed E-state index contributed by atoms with van der Waals surface area (Å²) >= 11 is 0. The van der Waals surface area contributed by atoms with E-state index >= 15 is 0 Å². The van der Waals surface area contributed by atoms with Crippen molar-refractivity contribution in [3.63, 3.8) is 0 Å². The van der Waals surface area contributed by atoms with Crippen molar-refractivity contribution in [2.75, 3.05) is 13.7 Å². The van der Waals surface area contributed by atoms with E-state index in [0.29, 0.717) is 6.42 Å². The van der Waals surface area contributed by atoms with Crippen LogP contribution in [-0.2, 0) is 14.3 Å². The van der Waals surface area contributed by atoms with Crippen LogP contribution in [0.1, 0.15) is 49.3 Å². The number of hydrazone groups is 1. The van der Waals surface area contributed by atoms with Gasteiger partial charge in [-0.3, -0.25) is 9.59 Å². The zero-order valence-electron chi connectivity index (χ0n) is 17.1. The highest BCUT2D eigenvalue weighted by Crippen LogP contribution is 2.34. The summed E-state index contributed by atoms with van der Waals surface area (Å²) in [6, 6.07) is 17.2. The number of rotatable bonds is 6. The van der Waals surface area contributed by atoms with Crippen LogP contribution in [0.25, 0.3) is 0 Å². The molecule has 1 saturated carbocycles. The first-order valence-corrected chi connectivity index (χ1v) is 10.4. The minimum Gasteiger partial charge on any atom is -0.497 e. The second kappa shape index (κ2) is 9.11. The average molecular weight is 406 g/mol. The first-order valence-electron chi connectivity index (χ1n) is 10.4. The first kappa shape index (κ1) is 20.1. The van der Waals surface area contributed by atoms with Crippen molar-refractivity contribution in [3.05, 3.63) is 65.7 Å². The lowest BCUT2D eigenvalue weighted by atomic mass is 9.98. The number of nitrogens with zero attached hydrogens (tertiary/aromatic N) is 2. The van der Waals surface area contributed by atoms with Crippen LogP contribution >= 0.6 is 0 Å². The fraction of sp³-hybridized carbons (Fsp3) is 0.375. The van der Waals surface area contributed by atoms with Crippen molar-refractivity contribution in [2.45, 2.75) is 38.1 Å². The van der Waals surface area contributed by atoms with E-state index in [1.807, 2.05) is 54.6 Å². The Labute approximate surface area is 176 Å². The van der Waals surface area contributed by atoms with Gasteiger partial charge in [0.05, 0.1) is 24.8 Å². The number of esters is 1. The number of amides is 1. The van der Waals surface area contributed by atoms with Crippen molar-refractivity contribution in [1.29, 1.82) is 0 Å². The molecule has 0 N–H and O–H groups in total. The highest BCUT2D eigenvalue weighted by molar-refractivity contribution is 6.03. The summed E-state index contributed by atoms with van der Waals surface area (Å²) in [6.07, 6.45) is 4.38. The van der Waals surface area contributed by atoms with Crippen LogP contribution in [0.15, 0.2) is 59.7 Å². The lowest BCUT2D eigenvalue weighted by molar-refractivity contribution is -0.156. The molecule has 1 aliphatic heterocycles. The Morgan fingerprint density at radius 1 is 1.03 bits per heavy atom. The molecule has 156 valence electrons. The number of hydrogen-bond donors (Lipinski definition) is 0. The van der Waals surface area contributed by atoms with Crippen LogP contribution in [0.4, 0.5) is 0 Å². The van der Waals surface area contributed by atoms with E-state index < -0.39 is 0 Å². The summed E-state index contributed by atoms with van der Waals surface area (Å²) in [4.78, 5) is 25.2. The van der Waals surface area contributed by atoms with Crippen molar-refractivity contribution in [3.8, 4) is 5.75 Å². The lowest BCUT2D eigenvalue weighted by Gasteiger charge is -2.22. The summed E-state index contributed by atoms with van der Waals surface area (Å²) in [5, 5.41) is 6.08. The monoisotopic (exact) mass is 406 g/mol. The molecule has 1 amide bonds. The van der Waals surface area contributed by atoms with Crippen LogP contribution in [0.2, 0.25) is 0 Å². The van der Waals surface area contributed by atoms with Gasteiger partial charge in [-0.25, -0.2) is 5.01 Å². The first-order chi connectivity index (χ1) is 14.7. The van der Waals surface area contributed by atoms with Gasteiger partial charge in [-0.2, -0.15) is 5.10 Å². The second-order valence-electron chi connectivity index (χ2n) is 7.73. The molecule has 6 heteroatoms. The van der Waals surface area contributed by atoms with Gasteiger partial charge in [0.25, 0.3) is 5.91 Å². The minimum absolute atomic E-state index is 0.0721. The lowest BCUT2D eigenvalue weighted by Crippen LogP contribution is -2.32. The van der Waals surface area contributed by atoms with Gasteiger partial charge in [-0.05, 0) is 36.1 Å². The number of ether oxygens (including phenoxy) is 2. The third-order valence-corrected chi connectivity index (χ3v) is 5.80. The number of carbonyl (C=O) groups excluding carboxylic acids is 2. The van der Waals surface area contributed by atoms with Gasteiger partial charge >= 0.3 is 5.97 Å². The number of hydrogen-bond acceptors (Lipinski definition) is 5. The Bertz CT molecular complexity index is 918. The summed E-state index contributed by atoms with van der Waals surface area (Å²) in [6.45, 7) is -0.284. The molecule has 0 unspecified atom stereocenters. The number of carbonyl (C=O) groups is 2. The SMILES string of the molecule is COc1ccc([C@@H]2CC(c3ccccc3)=NN2C(=O)COC(=O)C2CCCC2)cc1. The van der Waals surface area contributed by atoms with Gasteiger partial charge in [0, 0.05) is 6.42 Å². The standard InChI is InChI=1S/C24H26N2O4/c1-29-20-13-11-18(12-14-20)22-15-21(17-7-3-2-4-8-17)25-26(22)23(27)16-30-24(28)19-9-5-6-10-19/h2-4,7-8,11-14,19,22H,5-6,9-10,15-16H2,1H3/t22-/m0/s1. The molecule has 1 aliphatic carbocycles. The van der Waals surface area contributed by atoms with E-state index in [0.717, 1.165) is 48.3 Å². The molecule has 2 aromatic carbocycles. The van der Waals surface area contributed by atoms with Gasteiger partial charge < -0.3 is 9.47 Å². The molecule has 0 saturated heterocycles. The van der Waals surface area contributed by atoms with Gasteiger partial charge in [0.2, 0.25) is 0 Å². The van der Waals surface area contributed by atoms with E-state index in [4.69, 9.17) is 9.47 Å². The Hall–Kier alpha value is -3.15. The van der Waals surface area contributed by atoms with Crippen molar-refractivity contribution < 1.29 is 19.1 Å². The van der Waals surface area contributed by atoms with Crippen LogP contribution in [0.5, 0.6) is 5.75 Å². The van der Waals surface area contributed by atoms with Crippen molar-refractivity contribution in [2.24, 2.45) is 11.0 Å². The highest BCUT2D eigenvalue weighted by atomic mass is 16.5. The fourth-order valence-electron chi connectivity index (χ4n) is 4.11. The highest BCUT2D eigenvalue weighted by Gasteiger charge is 2.34. The molecule has 0 bridgehead atoms. The maximum absolute atomic E-state index is 13.0. The maximum atomic E-state index is 13.0. The molecule has 0 aromatic heterocycles. The van der Waals surface area contributed by atoms with E-state index in [9.17, 15) is 9.59 Å². The predicted molar refractivity (Wildman–Crippen MR) is 113 cm³/mol. The zero-order valence-corrected chi connectivity index (χ0v) is 17.1. The zero-order chi connectivity index (χ0) is 20.9. The van der Waals surface area contributed by atoms with Crippen molar-refractivity contribution >= 4 is 17.6 Å². The molecule has 1 atom stereocenters. The summed E-state index contributed by atoms with van der Waals surface area (Å²) in [5.74, 6) is 0.0999. The average Bonchev–Trinajstić information content (AvgIpc) is 3.48. The molecule has 6 nitrogen and oxygen atoms in total. The molecule has 4 rings (SSSR count). The molecule has 2 aromatic rings. The molecular weight excluding hydrogens is 380 g/mol. The second-order valence-corrected chi connectivity index (χ2v) is 7.73. The molecule has 0 spiro atoms. The van der Waals surface area contributed by atoms with Crippen LogP contribution < -0.4 is 4.74 Å². The minimum atomic E-state index is -0.312. The normalized spacial score (nSPS) is 18.9. The van der Waals surface area contributed by atoms with Gasteiger partial charge in [-0.1, -0.05) is 55.3 Å². The summed E-state index contributed by atoms with van der Waals surface area (Å²) in [7, 11) is 1.62. The number of methoxy groups -OCH3 is 1. The van der Waals surface area contributed by atoms with Crippen LogP contribution in [-0.4, -0.2) is 36.3 Å². The topological polar surface area (TPSA) is 68.2 Å². The Balaban J connectivity index is 1.52. The summed E-state index contributed by atoms with van der Waals surface area (Å²) in [5.41, 5.74) is 2.78. The van der Waals surface area contributed by atoms with Crippen LogP contribution in [0.3, 0.4) is 0 Å².